The molecule has 2 aromatic heterocycles. The second kappa shape index (κ2) is 6.16. The molecule has 0 bridgehead atoms. The van der Waals surface area contributed by atoms with Crippen molar-refractivity contribution in [3.05, 3.63) is 28.3 Å². The number of nitrogens with zero attached hydrogens (tertiary/aromatic N) is 1. The van der Waals surface area contributed by atoms with Crippen molar-refractivity contribution in [2.24, 2.45) is 17.1 Å². The van der Waals surface area contributed by atoms with Crippen molar-refractivity contribution in [1.82, 2.24) is 10.3 Å². The van der Waals surface area contributed by atoms with E-state index in [1.165, 1.54) is 29.0 Å². The fourth-order valence-corrected chi connectivity index (χ4v) is 4.19. The van der Waals surface area contributed by atoms with Gasteiger partial charge in [0, 0.05) is 11.1 Å². The second-order valence-electron chi connectivity index (χ2n) is 7.61. The zero-order valence-corrected chi connectivity index (χ0v) is 15.2. The standard InChI is InChI=1S/C18H24N4OS/c1-18(2,3)12-4-5-13-10(7-12)6-11-8-14(24-17(11)22-13)16(23)21-9-15(19)20/h6,8,12H,4-5,7,9H2,1-3H3,(H3,19,20)(H,21,23). The van der Waals surface area contributed by atoms with Crippen LogP contribution in [0.4, 0.5) is 0 Å². The Kier molecular flexibility index (Phi) is 4.34. The van der Waals surface area contributed by atoms with Crippen molar-refractivity contribution in [3.63, 3.8) is 0 Å². The number of hydrogen-bond acceptors (Lipinski definition) is 4. The number of nitrogens with two attached hydrogens (primary N) is 1. The monoisotopic (exact) mass is 344 g/mol. The Bertz CT molecular complexity index is 803. The predicted octanol–water partition coefficient (Wildman–Crippen LogP) is 3.11. The van der Waals surface area contributed by atoms with E-state index in [9.17, 15) is 4.79 Å². The Morgan fingerprint density at radius 1 is 1.46 bits per heavy atom. The number of amides is 1. The molecule has 0 spiro atoms. The molecule has 1 aliphatic carbocycles. The van der Waals surface area contributed by atoms with Crippen LogP contribution in [0.1, 0.15) is 48.1 Å². The summed E-state index contributed by atoms with van der Waals surface area (Å²) in [6.07, 6.45) is 3.24. The van der Waals surface area contributed by atoms with Crippen molar-refractivity contribution in [1.29, 1.82) is 5.41 Å². The van der Waals surface area contributed by atoms with Crippen LogP contribution in [0.2, 0.25) is 0 Å². The number of aryl methyl sites for hydroxylation is 1. The van der Waals surface area contributed by atoms with Crippen LogP contribution in [0.15, 0.2) is 12.1 Å². The highest BCUT2D eigenvalue weighted by molar-refractivity contribution is 7.20. The number of carbonyl (C=O) groups is 1. The van der Waals surface area contributed by atoms with E-state index in [2.05, 4.69) is 32.2 Å². The molecule has 1 aliphatic rings. The average Bonchev–Trinajstić information content (AvgIpc) is 2.91. The molecule has 0 radical (unpaired) electrons. The summed E-state index contributed by atoms with van der Waals surface area (Å²) in [4.78, 5) is 18.5. The van der Waals surface area contributed by atoms with Crippen molar-refractivity contribution < 1.29 is 4.79 Å². The Morgan fingerprint density at radius 3 is 2.88 bits per heavy atom. The van der Waals surface area contributed by atoms with Crippen molar-refractivity contribution in [3.8, 4) is 0 Å². The Hall–Kier alpha value is -1.95. The van der Waals surface area contributed by atoms with E-state index < -0.39 is 0 Å². The molecule has 0 saturated heterocycles. The minimum absolute atomic E-state index is 0.0497. The number of fused-ring (bicyclic) bond motifs is 2. The molecule has 1 atom stereocenters. The highest BCUT2D eigenvalue weighted by Crippen LogP contribution is 2.38. The Balaban J connectivity index is 1.87. The molecule has 1 unspecified atom stereocenters. The summed E-state index contributed by atoms with van der Waals surface area (Å²) in [6, 6.07) is 4.09. The minimum Gasteiger partial charge on any atom is -0.386 e. The van der Waals surface area contributed by atoms with Crippen LogP contribution in [-0.4, -0.2) is 23.3 Å². The molecule has 5 nitrogen and oxygen atoms in total. The third kappa shape index (κ3) is 3.43. The molecular formula is C18H24N4OS. The zero-order valence-electron chi connectivity index (χ0n) is 14.4. The largest absolute Gasteiger partial charge is 0.386 e. The van der Waals surface area contributed by atoms with Crippen LogP contribution >= 0.6 is 11.3 Å². The number of aromatic nitrogens is 1. The number of amidine groups is 1. The summed E-state index contributed by atoms with van der Waals surface area (Å²) in [5, 5.41) is 10.9. The van der Waals surface area contributed by atoms with Crippen LogP contribution in [0, 0.1) is 16.7 Å². The molecule has 0 fully saturated rings. The zero-order chi connectivity index (χ0) is 17.5. The summed E-state index contributed by atoms with van der Waals surface area (Å²) in [7, 11) is 0. The van der Waals surface area contributed by atoms with Gasteiger partial charge in [-0.05, 0) is 48.3 Å². The van der Waals surface area contributed by atoms with Gasteiger partial charge < -0.3 is 11.1 Å². The Labute approximate surface area is 146 Å². The average molecular weight is 344 g/mol. The molecule has 3 rings (SSSR count). The van der Waals surface area contributed by atoms with Crippen LogP contribution in [0.25, 0.3) is 10.2 Å². The summed E-state index contributed by atoms with van der Waals surface area (Å²) < 4.78 is 0. The summed E-state index contributed by atoms with van der Waals surface area (Å²) in [5.74, 6) is 0.422. The SMILES string of the molecule is CC(C)(C)C1CCc2nc3sc(C(=O)NCC(=N)N)cc3cc2C1. The van der Waals surface area contributed by atoms with Crippen LogP contribution < -0.4 is 11.1 Å². The van der Waals surface area contributed by atoms with Crippen molar-refractivity contribution in [2.75, 3.05) is 6.54 Å². The first-order chi connectivity index (χ1) is 11.2. The molecule has 4 N–H and O–H groups in total. The molecule has 2 aromatic rings. The minimum atomic E-state index is -0.196. The highest BCUT2D eigenvalue weighted by Gasteiger charge is 2.29. The number of thiophene rings is 1. The molecule has 24 heavy (non-hydrogen) atoms. The van der Waals surface area contributed by atoms with Gasteiger partial charge in [0.15, 0.2) is 0 Å². The first-order valence-electron chi connectivity index (χ1n) is 8.27. The van der Waals surface area contributed by atoms with Crippen LogP contribution in [-0.2, 0) is 12.8 Å². The lowest BCUT2D eigenvalue weighted by molar-refractivity contribution is 0.0963. The van der Waals surface area contributed by atoms with Gasteiger partial charge >= 0.3 is 0 Å². The molecule has 1 amide bonds. The van der Waals surface area contributed by atoms with Gasteiger partial charge in [-0.15, -0.1) is 11.3 Å². The molecule has 6 heteroatoms. The Morgan fingerprint density at radius 2 is 2.21 bits per heavy atom. The lowest BCUT2D eigenvalue weighted by atomic mass is 9.71. The number of nitrogens with one attached hydrogen (secondary N) is 2. The van der Waals surface area contributed by atoms with E-state index >= 15 is 0 Å². The highest BCUT2D eigenvalue weighted by atomic mass is 32.1. The van der Waals surface area contributed by atoms with Gasteiger partial charge in [-0.3, -0.25) is 10.2 Å². The van der Waals surface area contributed by atoms with Crippen molar-refractivity contribution in [2.45, 2.75) is 40.0 Å². The normalized spacial score (nSPS) is 17.5. The van der Waals surface area contributed by atoms with Crippen LogP contribution in [0.5, 0.6) is 0 Å². The number of carbonyl (C=O) groups excluding carboxylic acids is 1. The summed E-state index contributed by atoms with van der Waals surface area (Å²) in [5.41, 5.74) is 8.09. The molecule has 0 aromatic carbocycles. The molecule has 2 heterocycles. The first kappa shape index (κ1) is 16.9. The van der Waals surface area contributed by atoms with E-state index in [1.54, 1.807) is 0 Å². The lowest BCUT2D eigenvalue weighted by Gasteiger charge is -2.34. The van der Waals surface area contributed by atoms with Gasteiger partial charge in [0.25, 0.3) is 5.91 Å². The smallest absolute Gasteiger partial charge is 0.261 e. The van der Waals surface area contributed by atoms with Crippen molar-refractivity contribution >= 4 is 33.3 Å². The fraction of sp³-hybridized carbons (Fsp3) is 0.500. The summed E-state index contributed by atoms with van der Waals surface area (Å²) >= 11 is 1.40. The molecular weight excluding hydrogens is 320 g/mol. The summed E-state index contributed by atoms with van der Waals surface area (Å²) in [6.45, 7) is 6.98. The number of hydrogen-bond donors (Lipinski definition) is 3. The van der Waals surface area contributed by atoms with E-state index in [4.69, 9.17) is 16.1 Å². The number of pyridine rings is 1. The van der Waals surface area contributed by atoms with E-state index in [-0.39, 0.29) is 18.3 Å². The predicted molar refractivity (Wildman–Crippen MR) is 98.8 cm³/mol. The maximum Gasteiger partial charge on any atom is 0.261 e. The van der Waals surface area contributed by atoms with E-state index in [0.717, 1.165) is 23.1 Å². The van der Waals surface area contributed by atoms with Gasteiger partial charge in [-0.25, -0.2) is 4.98 Å². The van der Waals surface area contributed by atoms with Gasteiger partial charge in [-0.1, -0.05) is 20.8 Å². The molecule has 128 valence electrons. The number of rotatable bonds is 3. The first-order valence-corrected chi connectivity index (χ1v) is 9.09. The molecule has 0 aliphatic heterocycles. The second-order valence-corrected chi connectivity index (χ2v) is 8.64. The van der Waals surface area contributed by atoms with E-state index in [1.807, 2.05) is 6.07 Å². The van der Waals surface area contributed by atoms with Gasteiger partial charge in [0.05, 0.1) is 11.4 Å². The molecule has 0 saturated carbocycles. The lowest BCUT2D eigenvalue weighted by Crippen LogP contribution is -2.32. The van der Waals surface area contributed by atoms with E-state index in [0.29, 0.717) is 16.2 Å². The maximum atomic E-state index is 12.1. The van der Waals surface area contributed by atoms with Gasteiger partial charge in [0.2, 0.25) is 0 Å². The van der Waals surface area contributed by atoms with Crippen LogP contribution in [0.3, 0.4) is 0 Å². The topological polar surface area (TPSA) is 91.9 Å². The maximum absolute atomic E-state index is 12.1. The third-order valence-electron chi connectivity index (χ3n) is 4.76. The third-order valence-corrected chi connectivity index (χ3v) is 5.80. The quantitative estimate of drug-likeness (QED) is 0.590. The van der Waals surface area contributed by atoms with Gasteiger partial charge in [0.1, 0.15) is 10.7 Å². The van der Waals surface area contributed by atoms with Gasteiger partial charge in [-0.2, -0.15) is 0 Å². The fourth-order valence-electron chi connectivity index (χ4n) is 3.24.